The molecule has 0 saturated carbocycles. The molecule has 2 aliphatic rings. The molecule has 6 atom stereocenters. The number of hydrogen-bond acceptors (Lipinski definition) is 10. The van der Waals surface area contributed by atoms with Gasteiger partial charge in [0.2, 0.25) is 17.2 Å². The Morgan fingerprint density at radius 1 is 0.800 bits per heavy atom. The Labute approximate surface area is 351 Å². The number of carbonyl (C=O) groups excluding carboxylic acids is 4. The van der Waals surface area contributed by atoms with Crippen LogP contribution in [0.15, 0.2) is 51.9 Å². The van der Waals surface area contributed by atoms with E-state index < -0.39 is 24.3 Å². The van der Waals surface area contributed by atoms with E-state index >= 15 is 0 Å². The first-order valence-electron chi connectivity index (χ1n) is 20.5. The molecule has 0 aliphatic carbocycles. The van der Waals surface area contributed by atoms with Crippen molar-refractivity contribution in [1.82, 2.24) is 40.4 Å². The number of imidazole rings is 2. The Hall–Kier alpha value is -5.90. The number of nitrogens with zero attached hydrogens (tertiary/aromatic N) is 4. The zero-order valence-electron chi connectivity index (χ0n) is 34.6. The minimum atomic E-state index is -0.745. The van der Waals surface area contributed by atoms with E-state index in [-0.39, 0.29) is 41.2 Å². The van der Waals surface area contributed by atoms with Crippen LogP contribution in [0.25, 0.3) is 44.5 Å². The molecule has 1 unspecified atom stereocenters. The van der Waals surface area contributed by atoms with Gasteiger partial charge < -0.3 is 44.3 Å². The number of aromatic nitrogens is 4. The van der Waals surface area contributed by atoms with Gasteiger partial charge in [0.1, 0.15) is 34.9 Å². The first-order chi connectivity index (χ1) is 28.9. The first kappa shape index (κ1) is 42.2. The minimum absolute atomic E-state index is 0.107. The van der Waals surface area contributed by atoms with E-state index in [1.165, 1.54) is 14.2 Å². The molecule has 2 aliphatic heterocycles. The van der Waals surface area contributed by atoms with Crippen LogP contribution in [0, 0.1) is 11.8 Å². The molecule has 2 aromatic carbocycles. The number of aromatic amines is 2. The monoisotopic (exact) mass is 842 g/mol. The lowest BCUT2D eigenvalue weighted by atomic mass is 9.97. The number of likely N-dealkylation sites (tertiary alicyclic amines) is 2. The summed E-state index contributed by atoms with van der Waals surface area (Å²) in [5, 5.41) is 6.40. The number of benzene rings is 2. The highest BCUT2D eigenvalue weighted by molar-refractivity contribution is 6.34. The van der Waals surface area contributed by atoms with Crippen molar-refractivity contribution in [2.75, 3.05) is 27.3 Å². The van der Waals surface area contributed by atoms with E-state index in [0.29, 0.717) is 99.9 Å². The molecule has 0 spiro atoms. The Balaban J connectivity index is 1.13. The lowest BCUT2D eigenvalue weighted by Crippen LogP contribution is -2.51. The van der Waals surface area contributed by atoms with Crippen LogP contribution in [-0.2, 0) is 19.1 Å². The topological polar surface area (TPSA) is 205 Å². The lowest BCUT2D eigenvalue weighted by Gasteiger charge is -2.30. The molecule has 3 aromatic heterocycles. The second kappa shape index (κ2) is 17.8. The maximum atomic E-state index is 14.0. The largest absolute Gasteiger partial charge is 0.456 e. The molecule has 16 nitrogen and oxygen atoms in total. The number of carbonyl (C=O) groups is 4. The van der Waals surface area contributed by atoms with Crippen LogP contribution in [-0.4, -0.2) is 93.1 Å². The Morgan fingerprint density at radius 3 is 1.85 bits per heavy atom. The lowest BCUT2D eigenvalue weighted by molar-refractivity contribution is -0.136. The van der Waals surface area contributed by atoms with Crippen LogP contribution < -0.4 is 16.1 Å². The molecule has 2 saturated heterocycles. The maximum absolute atomic E-state index is 14.0. The van der Waals surface area contributed by atoms with Gasteiger partial charge in [-0.2, -0.15) is 0 Å². The van der Waals surface area contributed by atoms with Crippen molar-refractivity contribution in [3.63, 3.8) is 0 Å². The van der Waals surface area contributed by atoms with E-state index in [1.807, 2.05) is 33.8 Å². The number of methoxy groups -OCH3 is 2. The van der Waals surface area contributed by atoms with Crippen LogP contribution in [0.2, 0.25) is 5.02 Å². The summed E-state index contributed by atoms with van der Waals surface area (Å²) in [5.74, 6) is 0.593. The van der Waals surface area contributed by atoms with Gasteiger partial charge >= 0.3 is 12.2 Å². The second-order valence-electron chi connectivity index (χ2n) is 15.7. The molecule has 318 valence electrons. The Morgan fingerprint density at radius 2 is 1.32 bits per heavy atom. The van der Waals surface area contributed by atoms with Crippen LogP contribution in [0.5, 0.6) is 0 Å². The number of H-pyrrole nitrogens is 2. The number of halogens is 1. The second-order valence-corrected chi connectivity index (χ2v) is 16.1. The number of rotatable bonds is 12. The summed E-state index contributed by atoms with van der Waals surface area (Å²) in [6.07, 6.45) is 6.34. The molecule has 5 heterocycles. The normalized spacial score (nSPS) is 18.6. The number of alkyl carbamates (subject to hydrolysis) is 2. The van der Waals surface area contributed by atoms with E-state index in [0.717, 1.165) is 12.8 Å². The predicted octanol–water partition coefficient (Wildman–Crippen LogP) is 7.25. The van der Waals surface area contributed by atoms with Crippen molar-refractivity contribution in [2.24, 2.45) is 11.8 Å². The summed E-state index contributed by atoms with van der Waals surface area (Å²) in [4.78, 5) is 85.3. The highest BCUT2D eigenvalue weighted by atomic mass is 35.5. The molecule has 4 N–H and O–H groups in total. The van der Waals surface area contributed by atoms with Crippen LogP contribution in [0.4, 0.5) is 9.59 Å². The molecule has 7 rings (SSSR count). The van der Waals surface area contributed by atoms with Gasteiger partial charge in [-0.05, 0) is 67.9 Å². The van der Waals surface area contributed by atoms with E-state index in [1.54, 1.807) is 46.5 Å². The number of fused-ring (bicyclic) bond motifs is 2. The van der Waals surface area contributed by atoms with Crippen LogP contribution in [0.3, 0.4) is 0 Å². The predicted molar refractivity (Wildman–Crippen MR) is 225 cm³/mol. The summed E-state index contributed by atoms with van der Waals surface area (Å²) in [7, 11) is 2.54. The summed E-state index contributed by atoms with van der Waals surface area (Å²) in [6, 6.07) is 6.49. The summed E-state index contributed by atoms with van der Waals surface area (Å²) < 4.78 is 15.9. The Bertz CT molecular complexity index is 2480. The van der Waals surface area contributed by atoms with Gasteiger partial charge in [0.15, 0.2) is 0 Å². The fourth-order valence-corrected chi connectivity index (χ4v) is 8.53. The quantitative estimate of drug-likeness (QED) is 0.0927. The van der Waals surface area contributed by atoms with Crippen molar-refractivity contribution >= 4 is 57.5 Å². The SMILES string of the molecule is CC[C@H](C)C(NC(=O)OC)C(=O)N1CCC[C@H]1c1ncc(-c2cc3oc4ccc(-c5cnc([C@@H]6CCCN6C(=O)[C@@H](NC(=O)OC)[C@@H](C)CC)[nH]5)cc4c(=O)c3cc2Cl)[nH]1. The zero-order valence-corrected chi connectivity index (χ0v) is 35.4. The van der Waals surface area contributed by atoms with Crippen molar-refractivity contribution in [3.8, 4) is 22.5 Å². The fraction of sp³-hybridized carbons (Fsp3) is 0.465. The van der Waals surface area contributed by atoms with Crippen molar-refractivity contribution in [2.45, 2.75) is 90.4 Å². The standard InChI is InChI=1S/C43H51ClN8O8/c1-7-22(3)35(49-42(56)58-5)40(54)51-15-9-11-31(51)38-45-20-29(47-38)24-13-14-33-26(17-24)37(53)27-18-28(44)25(19-34(27)60-33)30-21-46-39(48-30)32-12-10-16-52(32)41(55)36(23(4)8-2)50-43(57)59-6/h13-14,17-23,31-32,35-36H,7-12,15-16H2,1-6H3,(H,45,47)(H,46,48)(H,49,56)(H,50,57)/t22-,23-,31-,32-,35-,36?/m0/s1. The molecule has 4 amide bonds. The third-order valence-corrected chi connectivity index (χ3v) is 12.4. The average molecular weight is 843 g/mol. The molecule has 0 radical (unpaired) electrons. The molecule has 17 heteroatoms. The van der Waals surface area contributed by atoms with Crippen LogP contribution in [0.1, 0.15) is 90.0 Å². The fourth-order valence-electron chi connectivity index (χ4n) is 8.27. The molecule has 0 bridgehead atoms. The van der Waals surface area contributed by atoms with Gasteiger partial charge in [0, 0.05) is 24.2 Å². The van der Waals surface area contributed by atoms with Gasteiger partial charge in [0.05, 0.1) is 65.9 Å². The molecule has 2 fully saturated rings. The van der Waals surface area contributed by atoms with Crippen molar-refractivity contribution in [1.29, 1.82) is 0 Å². The summed E-state index contributed by atoms with van der Waals surface area (Å²) in [5.41, 5.74) is 3.00. The maximum Gasteiger partial charge on any atom is 0.407 e. The summed E-state index contributed by atoms with van der Waals surface area (Å²) >= 11 is 6.85. The Kier molecular flexibility index (Phi) is 12.5. The van der Waals surface area contributed by atoms with Gasteiger partial charge in [-0.3, -0.25) is 14.4 Å². The smallest absolute Gasteiger partial charge is 0.407 e. The van der Waals surface area contributed by atoms with Gasteiger partial charge in [-0.25, -0.2) is 19.6 Å². The van der Waals surface area contributed by atoms with Gasteiger partial charge in [0.25, 0.3) is 0 Å². The first-order valence-corrected chi connectivity index (χ1v) is 20.9. The number of ether oxygens (including phenoxy) is 2. The highest BCUT2D eigenvalue weighted by Crippen LogP contribution is 2.37. The van der Waals surface area contributed by atoms with Gasteiger partial charge in [-0.15, -0.1) is 0 Å². The van der Waals surface area contributed by atoms with Crippen molar-refractivity contribution in [3.05, 3.63) is 69.6 Å². The van der Waals surface area contributed by atoms with Crippen molar-refractivity contribution < 1.29 is 33.1 Å². The van der Waals surface area contributed by atoms with Crippen LogP contribution >= 0.6 is 11.6 Å². The number of nitrogens with one attached hydrogen (secondary N) is 4. The number of amides is 4. The average Bonchev–Trinajstić information content (AvgIpc) is 4.11. The summed E-state index contributed by atoms with van der Waals surface area (Å²) in [6.45, 7) is 8.82. The third kappa shape index (κ3) is 8.16. The van der Waals surface area contributed by atoms with E-state index in [4.69, 9.17) is 25.5 Å². The molecular formula is C43H51ClN8O8. The van der Waals surface area contributed by atoms with E-state index in [2.05, 4.69) is 30.6 Å². The molecular weight excluding hydrogens is 792 g/mol. The third-order valence-electron chi connectivity index (χ3n) is 12.1. The molecule has 5 aromatic rings. The van der Waals surface area contributed by atoms with E-state index in [9.17, 15) is 24.0 Å². The number of hydrogen-bond donors (Lipinski definition) is 4. The highest BCUT2D eigenvalue weighted by Gasteiger charge is 2.39. The minimum Gasteiger partial charge on any atom is -0.456 e. The zero-order chi connectivity index (χ0) is 42.8. The van der Waals surface area contributed by atoms with Gasteiger partial charge in [-0.1, -0.05) is 52.1 Å². The molecule has 60 heavy (non-hydrogen) atoms.